The van der Waals surface area contributed by atoms with Gasteiger partial charge in [0, 0.05) is 38.3 Å². The molecule has 0 spiro atoms. The first-order chi connectivity index (χ1) is 12.5. The summed E-state index contributed by atoms with van der Waals surface area (Å²) in [4.78, 5) is 17.8. The summed E-state index contributed by atoms with van der Waals surface area (Å²) in [5, 5.41) is 4.06. The van der Waals surface area contributed by atoms with Gasteiger partial charge in [0.25, 0.3) is 0 Å². The molecule has 0 N–H and O–H groups in total. The minimum absolute atomic E-state index is 0.172. The molecular formula is C19H16BrFN4O. The topological polar surface area (TPSA) is 51.0 Å². The number of benzene rings is 1. The van der Waals surface area contributed by atoms with Crippen molar-refractivity contribution in [1.82, 2.24) is 19.7 Å². The minimum atomic E-state index is -0.418. The van der Waals surface area contributed by atoms with E-state index in [9.17, 15) is 9.18 Å². The molecule has 26 heavy (non-hydrogen) atoms. The third kappa shape index (κ3) is 4.43. The normalized spacial score (nSPS) is 11.0. The van der Waals surface area contributed by atoms with Crippen LogP contribution in [0.25, 0.3) is 11.8 Å². The van der Waals surface area contributed by atoms with Crippen LogP contribution < -0.4 is 0 Å². The quantitative estimate of drug-likeness (QED) is 0.595. The zero-order valence-electron chi connectivity index (χ0n) is 14.0. The molecule has 3 aromatic rings. The van der Waals surface area contributed by atoms with Crippen molar-refractivity contribution in [3.63, 3.8) is 0 Å². The summed E-state index contributed by atoms with van der Waals surface area (Å²) < 4.78 is 16.5. The van der Waals surface area contributed by atoms with Gasteiger partial charge in [-0.3, -0.25) is 9.78 Å². The van der Waals surface area contributed by atoms with Gasteiger partial charge in [-0.15, -0.1) is 0 Å². The minimum Gasteiger partial charge on any atom is -0.338 e. The van der Waals surface area contributed by atoms with E-state index >= 15 is 0 Å². The lowest BCUT2D eigenvalue weighted by Crippen LogP contribution is -2.24. The van der Waals surface area contributed by atoms with E-state index in [-0.39, 0.29) is 5.91 Å². The number of likely N-dealkylation sites (N-methyl/N-ethyl adjacent to an activating group) is 1. The molecule has 2 aromatic heterocycles. The van der Waals surface area contributed by atoms with Crippen molar-refractivity contribution in [2.45, 2.75) is 6.54 Å². The van der Waals surface area contributed by atoms with Gasteiger partial charge >= 0.3 is 0 Å². The Hall–Kier alpha value is -2.80. The largest absolute Gasteiger partial charge is 0.338 e. The van der Waals surface area contributed by atoms with E-state index in [1.807, 2.05) is 12.1 Å². The van der Waals surface area contributed by atoms with E-state index in [0.717, 1.165) is 10.0 Å². The van der Waals surface area contributed by atoms with Crippen molar-refractivity contribution in [2.75, 3.05) is 7.05 Å². The average molecular weight is 415 g/mol. The summed E-state index contributed by atoms with van der Waals surface area (Å²) in [7, 11) is 1.71. The molecule has 1 amide bonds. The lowest BCUT2D eigenvalue weighted by Gasteiger charge is -2.14. The second kappa shape index (κ2) is 8.05. The van der Waals surface area contributed by atoms with Crippen LogP contribution in [0.2, 0.25) is 0 Å². The van der Waals surface area contributed by atoms with Gasteiger partial charge in [-0.05, 0) is 51.3 Å². The molecule has 5 nitrogen and oxygen atoms in total. The molecule has 0 radical (unpaired) electrons. The Balaban J connectivity index is 1.68. The van der Waals surface area contributed by atoms with Crippen LogP contribution in [0.15, 0.2) is 65.7 Å². The smallest absolute Gasteiger partial charge is 0.246 e. The van der Waals surface area contributed by atoms with Crippen molar-refractivity contribution < 1.29 is 9.18 Å². The van der Waals surface area contributed by atoms with E-state index in [1.165, 1.54) is 16.8 Å². The van der Waals surface area contributed by atoms with E-state index in [1.54, 1.807) is 54.9 Å². The van der Waals surface area contributed by atoms with Crippen molar-refractivity contribution in [3.05, 3.63) is 82.6 Å². The van der Waals surface area contributed by atoms with E-state index in [2.05, 4.69) is 26.0 Å². The van der Waals surface area contributed by atoms with Crippen LogP contribution in [0.3, 0.4) is 0 Å². The Labute approximate surface area is 158 Å². The predicted molar refractivity (Wildman–Crippen MR) is 101 cm³/mol. The summed E-state index contributed by atoms with van der Waals surface area (Å²) in [6, 6.07) is 8.46. The number of rotatable bonds is 5. The fraction of sp³-hybridized carbons (Fsp3) is 0.105. The van der Waals surface area contributed by atoms with Gasteiger partial charge in [0.2, 0.25) is 5.91 Å². The molecule has 0 saturated carbocycles. The van der Waals surface area contributed by atoms with Gasteiger partial charge in [0.05, 0.1) is 10.7 Å². The lowest BCUT2D eigenvalue weighted by atomic mass is 10.1. The molecule has 1 aromatic carbocycles. The van der Waals surface area contributed by atoms with Crippen LogP contribution in [-0.4, -0.2) is 32.6 Å². The van der Waals surface area contributed by atoms with Gasteiger partial charge in [-0.25, -0.2) is 9.07 Å². The summed E-state index contributed by atoms with van der Waals surface area (Å²) in [5.41, 5.74) is 1.88. The zero-order valence-corrected chi connectivity index (χ0v) is 15.6. The van der Waals surface area contributed by atoms with E-state index < -0.39 is 5.82 Å². The lowest BCUT2D eigenvalue weighted by molar-refractivity contribution is -0.125. The first kappa shape index (κ1) is 18.0. The van der Waals surface area contributed by atoms with Crippen molar-refractivity contribution in [1.29, 1.82) is 0 Å². The number of hydrogen-bond acceptors (Lipinski definition) is 3. The fourth-order valence-electron chi connectivity index (χ4n) is 2.38. The summed E-state index contributed by atoms with van der Waals surface area (Å²) in [6.45, 7) is 0.457. The highest BCUT2D eigenvalue weighted by Crippen LogP contribution is 2.18. The summed E-state index contributed by atoms with van der Waals surface area (Å²) >= 11 is 3.28. The number of halogens is 2. The Morgan fingerprint density at radius 1 is 1.35 bits per heavy atom. The standard InChI is InChI=1S/C19H16BrFN4O/c1-24(12-15-3-2-8-22-10-15)19(26)7-5-14-4-6-18(17(21)9-14)25-13-16(20)11-23-25/h2-11,13H,12H2,1H3/b7-5+. The second-order valence-corrected chi connectivity index (χ2v) is 6.62. The van der Waals surface area contributed by atoms with Crippen LogP contribution in [0.4, 0.5) is 4.39 Å². The molecular weight excluding hydrogens is 399 g/mol. The number of pyridine rings is 1. The van der Waals surface area contributed by atoms with Crippen LogP contribution in [0.1, 0.15) is 11.1 Å². The third-order valence-electron chi connectivity index (χ3n) is 3.71. The third-order valence-corrected chi connectivity index (χ3v) is 4.12. The molecule has 0 unspecified atom stereocenters. The van der Waals surface area contributed by atoms with E-state index in [4.69, 9.17) is 0 Å². The molecule has 132 valence electrons. The molecule has 0 aliphatic rings. The van der Waals surface area contributed by atoms with Crippen LogP contribution in [-0.2, 0) is 11.3 Å². The maximum Gasteiger partial charge on any atom is 0.246 e. The van der Waals surface area contributed by atoms with Gasteiger partial charge in [-0.1, -0.05) is 12.1 Å². The molecule has 7 heteroatoms. The zero-order chi connectivity index (χ0) is 18.5. The van der Waals surface area contributed by atoms with Crippen LogP contribution in [0, 0.1) is 5.82 Å². The molecule has 0 fully saturated rings. The van der Waals surface area contributed by atoms with Crippen molar-refractivity contribution in [3.8, 4) is 5.69 Å². The molecule has 2 heterocycles. The van der Waals surface area contributed by atoms with Gasteiger partial charge < -0.3 is 4.90 Å². The SMILES string of the molecule is CN(Cc1cccnc1)C(=O)/C=C/c1ccc(-n2cc(Br)cn2)c(F)c1. The summed E-state index contributed by atoms with van der Waals surface area (Å²) in [6.07, 6.45) is 9.68. The number of carbonyl (C=O) groups is 1. The summed E-state index contributed by atoms with van der Waals surface area (Å²) in [5.74, 6) is -0.590. The average Bonchev–Trinajstić information content (AvgIpc) is 3.06. The molecule has 3 rings (SSSR count). The molecule has 0 bridgehead atoms. The van der Waals surface area contributed by atoms with E-state index in [0.29, 0.717) is 17.8 Å². The number of amides is 1. The molecule has 0 atom stereocenters. The van der Waals surface area contributed by atoms with Gasteiger partial charge in [0.15, 0.2) is 0 Å². The highest BCUT2D eigenvalue weighted by atomic mass is 79.9. The highest BCUT2D eigenvalue weighted by molar-refractivity contribution is 9.10. The van der Waals surface area contributed by atoms with Crippen molar-refractivity contribution in [2.24, 2.45) is 0 Å². The maximum atomic E-state index is 14.3. The first-order valence-electron chi connectivity index (χ1n) is 7.85. The predicted octanol–water partition coefficient (Wildman–Crippen LogP) is 3.84. The first-order valence-corrected chi connectivity index (χ1v) is 8.64. The molecule has 0 saturated heterocycles. The number of nitrogens with zero attached hydrogens (tertiary/aromatic N) is 4. The van der Waals surface area contributed by atoms with Gasteiger partial charge in [0.1, 0.15) is 11.5 Å². The Morgan fingerprint density at radius 3 is 2.85 bits per heavy atom. The Bertz CT molecular complexity index is 940. The van der Waals surface area contributed by atoms with Gasteiger partial charge in [-0.2, -0.15) is 5.10 Å². The van der Waals surface area contributed by atoms with Crippen LogP contribution >= 0.6 is 15.9 Å². The monoisotopic (exact) mass is 414 g/mol. The number of hydrogen-bond donors (Lipinski definition) is 0. The van der Waals surface area contributed by atoms with Crippen molar-refractivity contribution >= 4 is 27.9 Å². The Morgan fingerprint density at radius 2 is 2.19 bits per heavy atom. The molecule has 0 aliphatic heterocycles. The van der Waals surface area contributed by atoms with Crippen LogP contribution in [0.5, 0.6) is 0 Å². The Kier molecular flexibility index (Phi) is 5.58. The number of aromatic nitrogens is 3. The maximum absolute atomic E-state index is 14.3. The molecule has 0 aliphatic carbocycles. The fourth-order valence-corrected chi connectivity index (χ4v) is 2.67. The number of carbonyl (C=O) groups excluding carboxylic acids is 1. The second-order valence-electron chi connectivity index (χ2n) is 5.70. The highest BCUT2D eigenvalue weighted by Gasteiger charge is 2.08.